The van der Waals surface area contributed by atoms with Crippen LogP contribution in [-0.2, 0) is 6.42 Å². The van der Waals surface area contributed by atoms with Gasteiger partial charge in [0.05, 0.1) is 18.5 Å². The quantitative estimate of drug-likeness (QED) is 0.567. The van der Waals surface area contributed by atoms with Crippen molar-refractivity contribution in [1.82, 2.24) is 10.2 Å². The second-order valence-corrected chi connectivity index (χ2v) is 8.61. The van der Waals surface area contributed by atoms with Crippen molar-refractivity contribution in [2.24, 2.45) is 0 Å². The van der Waals surface area contributed by atoms with Gasteiger partial charge >= 0.3 is 0 Å². The summed E-state index contributed by atoms with van der Waals surface area (Å²) in [7, 11) is 1.65. The molecule has 3 aromatic rings. The molecular formula is C27H32N2O4. The average Bonchev–Trinajstić information content (AvgIpc) is 3.13. The smallest absolute Gasteiger partial charge is 0.287 e. The molecule has 174 valence electrons. The average molecular weight is 449 g/mol. The van der Waals surface area contributed by atoms with E-state index in [0.29, 0.717) is 17.5 Å². The Morgan fingerprint density at radius 1 is 1.06 bits per heavy atom. The summed E-state index contributed by atoms with van der Waals surface area (Å²) >= 11 is 0. The zero-order valence-electron chi connectivity index (χ0n) is 19.4. The number of likely N-dealkylation sites (tertiary alicyclic amines) is 1. The molecule has 0 unspecified atom stereocenters. The lowest BCUT2D eigenvalue weighted by atomic mass is 10.0. The van der Waals surface area contributed by atoms with E-state index in [9.17, 15) is 9.59 Å². The fourth-order valence-corrected chi connectivity index (χ4v) is 4.50. The molecule has 1 N–H and O–H groups in total. The molecule has 1 fully saturated rings. The number of nitrogens with one attached hydrogen (secondary N) is 1. The molecule has 1 amide bonds. The standard InChI is InChI=1S/C27H32N2O4/c1-3-19-8-13-25-22(16-19)24(30)17-26(33-25)27(31)28-18-23(29-14-6-4-5-7-15-29)20-9-11-21(32-2)12-10-20/h8-13,16-17,23H,3-7,14-15,18H2,1-2H3,(H,28,31)/t23-/m0/s1. The summed E-state index contributed by atoms with van der Waals surface area (Å²) in [5, 5.41) is 3.52. The minimum absolute atomic E-state index is 0.0391. The number of aryl methyl sites for hydroxylation is 1. The predicted molar refractivity (Wildman–Crippen MR) is 130 cm³/mol. The fraction of sp³-hybridized carbons (Fsp3) is 0.407. The van der Waals surface area contributed by atoms with Gasteiger partial charge in [0.25, 0.3) is 5.91 Å². The summed E-state index contributed by atoms with van der Waals surface area (Å²) in [6.07, 6.45) is 5.61. The van der Waals surface area contributed by atoms with E-state index in [1.807, 2.05) is 31.2 Å². The van der Waals surface area contributed by atoms with E-state index in [4.69, 9.17) is 9.15 Å². The number of nitrogens with zero attached hydrogens (tertiary/aromatic N) is 1. The molecule has 0 radical (unpaired) electrons. The van der Waals surface area contributed by atoms with E-state index in [0.717, 1.165) is 49.2 Å². The second kappa shape index (κ2) is 10.7. The molecule has 33 heavy (non-hydrogen) atoms. The molecule has 1 aromatic heterocycles. The molecule has 0 bridgehead atoms. The lowest BCUT2D eigenvalue weighted by molar-refractivity contribution is 0.0906. The zero-order valence-corrected chi connectivity index (χ0v) is 19.4. The van der Waals surface area contributed by atoms with Gasteiger partial charge in [-0.2, -0.15) is 0 Å². The third-order valence-electron chi connectivity index (χ3n) is 6.46. The lowest BCUT2D eigenvalue weighted by Crippen LogP contribution is -2.38. The van der Waals surface area contributed by atoms with Gasteiger partial charge < -0.3 is 14.5 Å². The minimum atomic E-state index is -0.373. The molecule has 0 saturated carbocycles. The van der Waals surface area contributed by atoms with Crippen molar-refractivity contribution in [2.75, 3.05) is 26.7 Å². The van der Waals surface area contributed by atoms with Crippen LogP contribution in [0.1, 0.15) is 60.3 Å². The van der Waals surface area contributed by atoms with Gasteiger partial charge in [-0.1, -0.05) is 38.0 Å². The summed E-state index contributed by atoms with van der Waals surface area (Å²) in [6.45, 7) is 4.46. The zero-order chi connectivity index (χ0) is 23.2. The first-order valence-corrected chi connectivity index (χ1v) is 11.8. The molecule has 1 saturated heterocycles. The molecule has 1 aliphatic rings. The monoisotopic (exact) mass is 448 g/mol. The first kappa shape index (κ1) is 23.1. The van der Waals surface area contributed by atoms with E-state index in [1.165, 1.54) is 18.9 Å². The third-order valence-corrected chi connectivity index (χ3v) is 6.46. The molecule has 1 atom stereocenters. The maximum atomic E-state index is 13.0. The number of fused-ring (bicyclic) bond motifs is 1. The highest BCUT2D eigenvalue weighted by Crippen LogP contribution is 2.26. The topological polar surface area (TPSA) is 71.8 Å². The number of benzene rings is 2. The molecule has 0 spiro atoms. The van der Waals surface area contributed by atoms with Crippen LogP contribution in [-0.4, -0.2) is 37.6 Å². The van der Waals surface area contributed by atoms with Crippen molar-refractivity contribution in [3.05, 3.63) is 75.6 Å². The highest BCUT2D eigenvalue weighted by Gasteiger charge is 2.23. The molecule has 2 heterocycles. The minimum Gasteiger partial charge on any atom is -0.497 e. The lowest BCUT2D eigenvalue weighted by Gasteiger charge is -2.31. The van der Waals surface area contributed by atoms with Gasteiger partial charge in [0.1, 0.15) is 11.3 Å². The normalized spacial score (nSPS) is 15.7. The van der Waals surface area contributed by atoms with E-state index in [-0.39, 0.29) is 23.1 Å². The summed E-state index contributed by atoms with van der Waals surface area (Å²) in [5.41, 5.74) is 2.43. The third kappa shape index (κ3) is 5.45. The number of amides is 1. The Bertz CT molecular complexity index is 1140. The summed E-state index contributed by atoms with van der Waals surface area (Å²) in [5.74, 6) is 0.476. The number of methoxy groups -OCH3 is 1. The van der Waals surface area contributed by atoms with Crippen LogP contribution in [0.15, 0.2) is 57.7 Å². The van der Waals surface area contributed by atoms with Gasteiger partial charge in [-0.15, -0.1) is 0 Å². The van der Waals surface area contributed by atoms with E-state index in [2.05, 4.69) is 22.3 Å². The van der Waals surface area contributed by atoms with Crippen LogP contribution in [0, 0.1) is 0 Å². The maximum absolute atomic E-state index is 13.0. The number of carbonyl (C=O) groups excluding carboxylic acids is 1. The van der Waals surface area contributed by atoms with Crippen LogP contribution in [0.4, 0.5) is 0 Å². The number of ether oxygens (including phenoxy) is 1. The molecule has 6 heteroatoms. The van der Waals surface area contributed by atoms with Gasteiger partial charge in [0.2, 0.25) is 0 Å². The summed E-state index contributed by atoms with van der Waals surface area (Å²) < 4.78 is 11.1. The fourth-order valence-electron chi connectivity index (χ4n) is 4.50. The Hall–Kier alpha value is -3.12. The molecule has 6 nitrogen and oxygen atoms in total. The first-order valence-electron chi connectivity index (χ1n) is 11.8. The van der Waals surface area contributed by atoms with Crippen molar-refractivity contribution in [3.8, 4) is 5.75 Å². The van der Waals surface area contributed by atoms with E-state index >= 15 is 0 Å². The van der Waals surface area contributed by atoms with Crippen molar-refractivity contribution >= 4 is 16.9 Å². The van der Waals surface area contributed by atoms with Crippen LogP contribution in [0.2, 0.25) is 0 Å². The van der Waals surface area contributed by atoms with Crippen molar-refractivity contribution in [1.29, 1.82) is 0 Å². The highest BCUT2D eigenvalue weighted by molar-refractivity contribution is 5.93. The molecule has 4 rings (SSSR count). The van der Waals surface area contributed by atoms with Crippen LogP contribution in [0.25, 0.3) is 11.0 Å². The Morgan fingerprint density at radius 2 is 1.79 bits per heavy atom. The van der Waals surface area contributed by atoms with Gasteiger partial charge in [-0.05, 0) is 67.7 Å². The number of hydrogen-bond acceptors (Lipinski definition) is 5. The van der Waals surface area contributed by atoms with Crippen molar-refractivity contribution in [2.45, 2.75) is 45.1 Å². The van der Waals surface area contributed by atoms with Crippen LogP contribution in [0.5, 0.6) is 5.75 Å². The Labute approximate surface area is 194 Å². The van der Waals surface area contributed by atoms with Crippen LogP contribution in [0.3, 0.4) is 0 Å². The number of hydrogen-bond donors (Lipinski definition) is 1. The van der Waals surface area contributed by atoms with Crippen LogP contribution < -0.4 is 15.5 Å². The van der Waals surface area contributed by atoms with Crippen molar-refractivity contribution in [3.63, 3.8) is 0 Å². The second-order valence-electron chi connectivity index (χ2n) is 8.61. The van der Waals surface area contributed by atoms with E-state index < -0.39 is 0 Å². The van der Waals surface area contributed by atoms with E-state index in [1.54, 1.807) is 13.2 Å². The molecule has 2 aromatic carbocycles. The molecule has 1 aliphatic heterocycles. The molecule has 0 aliphatic carbocycles. The Kier molecular flexibility index (Phi) is 7.45. The van der Waals surface area contributed by atoms with Gasteiger partial charge in [0, 0.05) is 12.6 Å². The number of rotatable bonds is 7. The SMILES string of the molecule is CCc1ccc2oc(C(=O)NC[C@@H](c3ccc(OC)cc3)N3CCCCCC3)cc(=O)c2c1. The van der Waals surface area contributed by atoms with Crippen molar-refractivity contribution < 1.29 is 13.9 Å². The predicted octanol–water partition coefficient (Wildman–Crippen LogP) is 4.71. The van der Waals surface area contributed by atoms with Gasteiger partial charge in [-0.3, -0.25) is 14.5 Å². The Morgan fingerprint density at radius 3 is 2.45 bits per heavy atom. The summed E-state index contributed by atoms with van der Waals surface area (Å²) in [4.78, 5) is 28.0. The van der Waals surface area contributed by atoms with Gasteiger partial charge in [0.15, 0.2) is 11.2 Å². The van der Waals surface area contributed by atoms with Crippen LogP contribution >= 0.6 is 0 Å². The molecular weight excluding hydrogens is 416 g/mol. The largest absolute Gasteiger partial charge is 0.497 e. The number of carbonyl (C=O) groups is 1. The van der Waals surface area contributed by atoms with Gasteiger partial charge in [-0.25, -0.2) is 0 Å². The summed E-state index contributed by atoms with van der Waals surface area (Å²) in [6, 6.07) is 14.9. The Balaban J connectivity index is 1.55. The maximum Gasteiger partial charge on any atom is 0.287 e. The first-order chi connectivity index (χ1) is 16.1. The highest BCUT2D eigenvalue weighted by atomic mass is 16.5.